The van der Waals surface area contributed by atoms with Gasteiger partial charge in [-0.2, -0.15) is 13.2 Å². The van der Waals surface area contributed by atoms with Crippen molar-refractivity contribution in [3.05, 3.63) is 28.7 Å². The van der Waals surface area contributed by atoms with E-state index >= 15 is 0 Å². The van der Waals surface area contributed by atoms with Crippen molar-refractivity contribution in [2.24, 2.45) is 5.92 Å². The van der Waals surface area contributed by atoms with Crippen molar-refractivity contribution in [3.63, 3.8) is 0 Å². The fraction of sp³-hybridized carbons (Fsp3) is 0.600. The summed E-state index contributed by atoms with van der Waals surface area (Å²) in [6.07, 6.45) is -0.602. The maximum Gasteiger partial charge on any atom is 0.395 e. The van der Waals surface area contributed by atoms with Crippen LogP contribution in [0.3, 0.4) is 0 Å². The van der Waals surface area contributed by atoms with Crippen LogP contribution in [0.5, 0.6) is 5.75 Å². The van der Waals surface area contributed by atoms with Crippen LogP contribution < -0.4 is 4.74 Å². The molecule has 1 atom stereocenters. The van der Waals surface area contributed by atoms with E-state index < -0.39 is 12.1 Å². The molecule has 1 nitrogen and oxygen atoms in total. The highest BCUT2D eigenvalue weighted by Gasteiger charge is 2.39. The Hall–Kier alpha value is -0.710. The monoisotopic (exact) mass is 352 g/mol. The predicted octanol–water partition coefficient (Wildman–Crippen LogP) is 5.98. The van der Waals surface area contributed by atoms with Crippen LogP contribution in [-0.2, 0) is 0 Å². The van der Waals surface area contributed by atoms with Crippen LogP contribution in [0.25, 0.3) is 0 Å². The number of halogens is 4. The van der Waals surface area contributed by atoms with Crippen LogP contribution in [0.2, 0.25) is 0 Å². The quantitative estimate of drug-likeness (QED) is 0.523. The number of ether oxygens (including phenoxy) is 1. The van der Waals surface area contributed by atoms with Crippen LogP contribution in [0, 0.1) is 5.92 Å². The minimum atomic E-state index is -4.19. The Balaban J connectivity index is 2.46. The molecule has 0 bridgehead atoms. The smallest absolute Gasteiger partial charge is 0.395 e. The van der Waals surface area contributed by atoms with Gasteiger partial charge in [-0.05, 0) is 30.7 Å². The number of unbranched alkanes of at least 4 members (excludes halogenated alkanes) is 3. The van der Waals surface area contributed by atoms with E-state index in [0.29, 0.717) is 12.2 Å². The molecule has 0 amide bonds. The fourth-order valence-electron chi connectivity index (χ4n) is 1.89. The van der Waals surface area contributed by atoms with Gasteiger partial charge in [0.25, 0.3) is 0 Å². The van der Waals surface area contributed by atoms with Gasteiger partial charge < -0.3 is 4.74 Å². The molecule has 0 aliphatic rings. The zero-order valence-electron chi connectivity index (χ0n) is 11.5. The lowest BCUT2D eigenvalue weighted by molar-refractivity contribution is -0.183. The average Bonchev–Trinajstić information content (AvgIpc) is 2.38. The van der Waals surface area contributed by atoms with Crippen molar-refractivity contribution < 1.29 is 17.9 Å². The zero-order chi connectivity index (χ0) is 15.0. The molecule has 0 spiro atoms. The Morgan fingerprint density at radius 1 is 1.10 bits per heavy atom. The van der Waals surface area contributed by atoms with E-state index in [-0.39, 0.29) is 13.0 Å². The molecule has 0 fully saturated rings. The molecule has 0 radical (unpaired) electrons. The van der Waals surface area contributed by atoms with Crippen molar-refractivity contribution in [1.82, 2.24) is 0 Å². The fourth-order valence-corrected chi connectivity index (χ4v) is 2.15. The second-order valence-corrected chi connectivity index (χ2v) is 5.77. The second-order valence-electron chi connectivity index (χ2n) is 4.85. The summed E-state index contributed by atoms with van der Waals surface area (Å²) in [5.41, 5.74) is 0. The van der Waals surface area contributed by atoms with Gasteiger partial charge in [0.15, 0.2) is 0 Å². The largest absolute Gasteiger partial charge is 0.493 e. The van der Waals surface area contributed by atoms with Gasteiger partial charge in [-0.1, -0.05) is 48.5 Å². The van der Waals surface area contributed by atoms with Crippen LogP contribution in [0.4, 0.5) is 13.2 Å². The summed E-state index contributed by atoms with van der Waals surface area (Å²) in [6.45, 7) is 1.73. The normalized spacial score (nSPS) is 13.2. The Bertz CT molecular complexity index is 376. The molecule has 1 aromatic rings. The SMILES string of the molecule is CCCCCCC(COc1ccc(Br)cc1)C(F)(F)F. The third-order valence-electron chi connectivity index (χ3n) is 3.13. The average molecular weight is 353 g/mol. The molecule has 0 aliphatic heterocycles. The topological polar surface area (TPSA) is 9.23 Å². The van der Waals surface area contributed by atoms with E-state index in [4.69, 9.17) is 4.74 Å². The maximum absolute atomic E-state index is 12.9. The number of rotatable bonds is 8. The van der Waals surface area contributed by atoms with E-state index in [2.05, 4.69) is 15.9 Å². The van der Waals surface area contributed by atoms with E-state index in [0.717, 1.165) is 23.7 Å². The molecule has 1 rings (SSSR count). The predicted molar refractivity (Wildman–Crippen MR) is 77.9 cm³/mol. The Morgan fingerprint density at radius 3 is 2.30 bits per heavy atom. The summed E-state index contributed by atoms with van der Waals surface area (Å²) in [6, 6.07) is 6.82. The van der Waals surface area contributed by atoms with Gasteiger partial charge in [0.1, 0.15) is 5.75 Å². The van der Waals surface area contributed by atoms with Crippen LogP contribution in [0.15, 0.2) is 28.7 Å². The molecule has 20 heavy (non-hydrogen) atoms. The van der Waals surface area contributed by atoms with Crippen LogP contribution in [-0.4, -0.2) is 12.8 Å². The van der Waals surface area contributed by atoms with E-state index in [1.807, 2.05) is 6.92 Å². The molecule has 0 aromatic heterocycles. The van der Waals surface area contributed by atoms with Gasteiger partial charge in [-0.25, -0.2) is 0 Å². The van der Waals surface area contributed by atoms with Crippen LogP contribution >= 0.6 is 15.9 Å². The molecule has 114 valence electrons. The number of hydrogen-bond donors (Lipinski definition) is 0. The second kappa shape index (κ2) is 8.55. The minimum Gasteiger partial charge on any atom is -0.493 e. The first-order valence-corrected chi connectivity index (χ1v) is 7.68. The Kier molecular flexibility index (Phi) is 7.41. The number of benzene rings is 1. The van der Waals surface area contributed by atoms with Crippen molar-refractivity contribution >= 4 is 15.9 Å². The minimum absolute atomic E-state index is 0.139. The molecule has 0 N–H and O–H groups in total. The first-order valence-electron chi connectivity index (χ1n) is 6.88. The molecule has 0 saturated heterocycles. The highest BCUT2D eigenvalue weighted by atomic mass is 79.9. The van der Waals surface area contributed by atoms with E-state index in [9.17, 15) is 13.2 Å². The lowest BCUT2D eigenvalue weighted by atomic mass is 10.0. The van der Waals surface area contributed by atoms with Crippen LogP contribution in [0.1, 0.15) is 39.0 Å². The molecule has 0 heterocycles. The Morgan fingerprint density at radius 2 is 1.75 bits per heavy atom. The molecule has 1 aromatic carbocycles. The van der Waals surface area contributed by atoms with Gasteiger partial charge >= 0.3 is 6.18 Å². The first kappa shape index (κ1) is 17.3. The molecule has 1 unspecified atom stereocenters. The molecular weight excluding hydrogens is 333 g/mol. The van der Waals surface area contributed by atoms with Crippen molar-refractivity contribution in [1.29, 1.82) is 0 Å². The molecular formula is C15H20BrF3O. The van der Waals surface area contributed by atoms with Gasteiger partial charge in [0, 0.05) is 4.47 Å². The van der Waals surface area contributed by atoms with Crippen molar-refractivity contribution in [2.45, 2.75) is 45.2 Å². The van der Waals surface area contributed by atoms with Gasteiger partial charge in [-0.15, -0.1) is 0 Å². The standard InChI is InChI=1S/C15H20BrF3O/c1-2-3-4-5-6-12(15(17,18)19)11-20-14-9-7-13(16)8-10-14/h7-10,12H,2-6,11H2,1H3. The third kappa shape index (κ3) is 6.64. The van der Waals surface area contributed by atoms with Gasteiger partial charge in [0.05, 0.1) is 12.5 Å². The number of alkyl halides is 3. The highest BCUT2D eigenvalue weighted by Crippen LogP contribution is 2.31. The summed E-state index contributed by atoms with van der Waals surface area (Å²) < 4.78 is 44.9. The first-order chi connectivity index (χ1) is 9.43. The van der Waals surface area contributed by atoms with E-state index in [1.165, 1.54) is 0 Å². The third-order valence-corrected chi connectivity index (χ3v) is 3.66. The summed E-state index contributed by atoms with van der Waals surface area (Å²) >= 11 is 3.27. The molecule has 0 aliphatic carbocycles. The van der Waals surface area contributed by atoms with Crippen molar-refractivity contribution in [2.75, 3.05) is 6.61 Å². The summed E-state index contributed by atoms with van der Waals surface area (Å²) in [4.78, 5) is 0. The zero-order valence-corrected chi connectivity index (χ0v) is 13.1. The summed E-state index contributed by atoms with van der Waals surface area (Å²) in [5.74, 6) is -0.918. The molecule has 5 heteroatoms. The van der Waals surface area contributed by atoms with E-state index in [1.54, 1.807) is 24.3 Å². The number of hydrogen-bond acceptors (Lipinski definition) is 1. The van der Waals surface area contributed by atoms with Gasteiger partial charge in [0.2, 0.25) is 0 Å². The lowest BCUT2D eigenvalue weighted by Crippen LogP contribution is -2.28. The Labute approximate surface area is 126 Å². The highest BCUT2D eigenvalue weighted by molar-refractivity contribution is 9.10. The summed E-state index contributed by atoms with van der Waals surface area (Å²) in [5, 5.41) is 0. The van der Waals surface area contributed by atoms with Crippen molar-refractivity contribution in [3.8, 4) is 5.75 Å². The van der Waals surface area contributed by atoms with Gasteiger partial charge in [-0.3, -0.25) is 0 Å². The maximum atomic E-state index is 12.9. The summed E-state index contributed by atoms with van der Waals surface area (Å²) in [7, 11) is 0. The lowest BCUT2D eigenvalue weighted by Gasteiger charge is -2.20. The molecule has 0 saturated carbocycles.